The van der Waals surface area contributed by atoms with Crippen LogP contribution in [0.25, 0.3) is 0 Å². The minimum atomic E-state index is -0.287. The van der Waals surface area contributed by atoms with E-state index in [0.29, 0.717) is 5.56 Å². The fourth-order valence-corrected chi connectivity index (χ4v) is 1.46. The van der Waals surface area contributed by atoms with Gasteiger partial charge in [-0.2, -0.15) is 0 Å². The second-order valence-electron chi connectivity index (χ2n) is 3.71. The van der Waals surface area contributed by atoms with Crippen LogP contribution in [-0.4, -0.2) is 5.78 Å². The van der Waals surface area contributed by atoms with Crippen molar-refractivity contribution in [2.24, 2.45) is 0 Å². The summed E-state index contributed by atoms with van der Waals surface area (Å²) in [7, 11) is 0. The highest BCUT2D eigenvalue weighted by molar-refractivity contribution is 6.04. The lowest BCUT2D eigenvalue weighted by molar-refractivity contribution is 0.104. The molecule has 2 aromatic rings. The van der Waals surface area contributed by atoms with Crippen LogP contribution >= 0.6 is 0 Å². The molecule has 2 nitrogen and oxygen atoms in total. The molecule has 18 heavy (non-hydrogen) atoms. The Kier molecular flexibility index (Phi) is 3.86. The van der Waals surface area contributed by atoms with Gasteiger partial charge in [-0.3, -0.25) is 4.79 Å². The summed E-state index contributed by atoms with van der Waals surface area (Å²) in [5, 5.41) is 2.90. The van der Waals surface area contributed by atoms with Gasteiger partial charge in [0.05, 0.1) is 0 Å². The summed E-state index contributed by atoms with van der Waals surface area (Å²) in [5.74, 6) is -0.366. The van der Waals surface area contributed by atoms with E-state index in [1.165, 1.54) is 18.2 Å². The van der Waals surface area contributed by atoms with Crippen molar-refractivity contribution in [1.29, 1.82) is 0 Å². The first-order valence-electron chi connectivity index (χ1n) is 5.54. The Morgan fingerprint density at radius 2 is 1.67 bits per heavy atom. The van der Waals surface area contributed by atoms with E-state index in [1.807, 2.05) is 18.2 Å². The van der Waals surface area contributed by atoms with Crippen molar-refractivity contribution in [3.63, 3.8) is 0 Å². The monoisotopic (exact) mass is 240 g/mol. The molecule has 3 heteroatoms. The van der Waals surface area contributed by atoms with Gasteiger partial charge in [-0.15, -0.1) is 0 Å². The van der Waals surface area contributed by atoms with E-state index in [0.717, 1.165) is 5.69 Å². The predicted octanol–water partition coefficient (Wildman–Crippen LogP) is 3.63. The highest BCUT2D eigenvalue weighted by Gasteiger charge is 1.98. The maximum absolute atomic E-state index is 12.7. The minimum Gasteiger partial charge on any atom is -0.362 e. The second-order valence-corrected chi connectivity index (χ2v) is 3.71. The summed E-state index contributed by atoms with van der Waals surface area (Å²) in [5.41, 5.74) is 1.36. The Labute approximate surface area is 105 Å². The Morgan fingerprint density at radius 3 is 2.33 bits per heavy atom. The number of halogens is 1. The summed E-state index contributed by atoms with van der Waals surface area (Å²) in [4.78, 5) is 11.7. The van der Waals surface area contributed by atoms with Gasteiger partial charge in [0.15, 0.2) is 5.78 Å². The number of ketones is 1. The van der Waals surface area contributed by atoms with E-state index in [1.54, 1.807) is 30.5 Å². The summed E-state index contributed by atoms with van der Waals surface area (Å²) in [6.07, 6.45) is 2.99. The minimum absolute atomic E-state index is 0.0785. The van der Waals surface area contributed by atoms with Crippen molar-refractivity contribution >= 4 is 11.5 Å². The Hall–Kier alpha value is -2.42. The van der Waals surface area contributed by atoms with Crippen LogP contribution in [0.4, 0.5) is 10.1 Å². The van der Waals surface area contributed by atoms with Crippen LogP contribution in [0.3, 0.4) is 0 Å². The summed E-state index contributed by atoms with van der Waals surface area (Å²) < 4.78 is 12.7. The molecule has 2 rings (SSSR count). The normalized spacial score (nSPS) is 10.5. The van der Waals surface area contributed by atoms with E-state index in [9.17, 15) is 9.18 Å². The number of carbonyl (C=O) groups excluding carboxylic acids is 1. The molecule has 0 aromatic heterocycles. The molecule has 0 heterocycles. The van der Waals surface area contributed by atoms with Gasteiger partial charge in [0.2, 0.25) is 0 Å². The molecule has 0 bridgehead atoms. The lowest BCUT2D eigenvalue weighted by atomic mass is 10.1. The van der Waals surface area contributed by atoms with Gasteiger partial charge in [0.25, 0.3) is 0 Å². The smallest absolute Gasteiger partial charge is 0.187 e. The van der Waals surface area contributed by atoms with Crippen LogP contribution in [0.15, 0.2) is 66.9 Å². The van der Waals surface area contributed by atoms with Gasteiger partial charge in [-0.05, 0) is 24.3 Å². The lowest BCUT2D eigenvalue weighted by Gasteiger charge is -1.99. The van der Waals surface area contributed by atoms with Crippen molar-refractivity contribution in [3.05, 3.63) is 78.3 Å². The number of nitrogens with one attached hydrogen (secondary N) is 1. The molecule has 0 aliphatic carbocycles. The topological polar surface area (TPSA) is 29.1 Å². The SMILES string of the molecule is O=C(/C=C/Nc1ccc([18F])cc1)c1ccccc1. The first-order valence-corrected chi connectivity index (χ1v) is 5.54. The third-order valence-electron chi connectivity index (χ3n) is 2.39. The highest BCUT2D eigenvalue weighted by atomic mass is 18.2. The maximum atomic E-state index is 12.7. The quantitative estimate of drug-likeness (QED) is 0.653. The van der Waals surface area contributed by atoms with Crippen molar-refractivity contribution in [2.75, 3.05) is 5.32 Å². The van der Waals surface area contributed by atoms with E-state index >= 15 is 0 Å². The second kappa shape index (κ2) is 5.77. The molecule has 0 radical (unpaired) electrons. The summed E-state index contributed by atoms with van der Waals surface area (Å²) in [6, 6.07) is 14.9. The largest absolute Gasteiger partial charge is 0.362 e. The molecule has 0 atom stereocenters. The van der Waals surface area contributed by atoms with E-state index in [4.69, 9.17) is 0 Å². The summed E-state index contributed by atoms with van der Waals surface area (Å²) in [6.45, 7) is 0. The van der Waals surface area contributed by atoms with E-state index in [2.05, 4.69) is 5.32 Å². The number of carbonyl (C=O) groups is 1. The molecule has 0 unspecified atom stereocenters. The van der Waals surface area contributed by atoms with Crippen molar-refractivity contribution in [3.8, 4) is 0 Å². The third-order valence-corrected chi connectivity index (χ3v) is 2.39. The van der Waals surface area contributed by atoms with Crippen LogP contribution in [0, 0.1) is 5.82 Å². The molecule has 0 fully saturated rings. The molecule has 0 spiro atoms. The van der Waals surface area contributed by atoms with Crippen molar-refractivity contribution in [2.45, 2.75) is 0 Å². The maximum Gasteiger partial charge on any atom is 0.187 e. The standard InChI is InChI=1S/C15H12FNO/c16-13-6-8-14(9-7-13)17-11-10-15(18)12-4-2-1-3-5-12/h1-11,17H/b11-10+/i16-1. The van der Waals surface area contributed by atoms with Gasteiger partial charge in [0, 0.05) is 23.5 Å². The Balaban J connectivity index is 1.96. The zero-order valence-corrected chi connectivity index (χ0v) is 9.64. The van der Waals surface area contributed by atoms with E-state index in [-0.39, 0.29) is 11.6 Å². The average molecular weight is 240 g/mol. The Bertz CT molecular complexity index is 546. The number of benzene rings is 2. The molecule has 0 amide bonds. The van der Waals surface area contributed by atoms with Crippen LogP contribution in [0.5, 0.6) is 0 Å². The molecule has 0 aliphatic rings. The zero-order valence-electron chi connectivity index (χ0n) is 9.64. The number of anilines is 1. The molecular weight excluding hydrogens is 228 g/mol. The number of allylic oxidation sites excluding steroid dienone is 1. The van der Waals surface area contributed by atoms with Gasteiger partial charge in [0.1, 0.15) is 5.82 Å². The first kappa shape index (κ1) is 12.0. The van der Waals surface area contributed by atoms with Crippen LogP contribution in [0.1, 0.15) is 10.4 Å². The van der Waals surface area contributed by atoms with Gasteiger partial charge in [-0.1, -0.05) is 30.3 Å². The van der Waals surface area contributed by atoms with E-state index < -0.39 is 0 Å². The molecule has 1 N–H and O–H groups in total. The Morgan fingerprint density at radius 1 is 1.00 bits per heavy atom. The zero-order chi connectivity index (χ0) is 12.8. The lowest BCUT2D eigenvalue weighted by Crippen LogP contribution is -1.95. The van der Waals surface area contributed by atoms with Crippen LogP contribution in [-0.2, 0) is 0 Å². The first-order chi connectivity index (χ1) is 8.75. The highest BCUT2D eigenvalue weighted by Crippen LogP contribution is 2.08. The molecule has 90 valence electrons. The number of rotatable bonds is 4. The molecule has 0 aliphatic heterocycles. The summed E-state index contributed by atoms with van der Waals surface area (Å²) >= 11 is 0. The van der Waals surface area contributed by atoms with Gasteiger partial charge < -0.3 is 5.32 Å². The molecule has 0 saturated heterocycles. The fraction of sp³-hybridized carbons (Fsp3) is 0. The van der Waals surface area contributed by atoms with Gasteiger partial charge >= 0.3 is 0 Å². The molecule has 0 saturated carbocycles. The van der Waals surface area contributed by atoms with Crippen molar-refractivity contribution in [1.82, 2.24) is 0 Å². The number of hydrogen-bond donors (Lipinski definition) is 1. The van der Waals surface area contributed by atoms with Crippen molar-refractivity contribution < 1.29 is 9.18 Å². The van der Waals surface area contributed by atoms with Crippen LogP contribution < -0.4 is 5.32 Å². The van der Waals surface area contributed by atoms with Crippen LogP contribution in [0.2, 0.25) is 0 Å². The molecule has 2 aromatic carbocycles. The number of hydrogen-bond acceptors (Lipinski definition) is 2. The fourth-order valence-electron chi connectivity index (χ4n) is 1.46. The third kappa shape index (κ3) is 3.28. The average Bonchev–Trinajstić information content (AvgIpc) is 2.42. The molecular formula is C15H12FNO. The predicted molar refractivity (Wildman–Crippen MR) is 69.9 cm³/mol. The van der Waals surface area contributed by atoms with Gasteiger partial charge in [-0.25, -0.2) is 4.39 Å².